The van der Waals surface area contributed by atoms with E-state index in [0.717, 1.165) is 74.2 Å². The molecule has 0 unspecified atom stereocenters. The standard InChI is InChI=1S/C31H35FN8O2/c1-17-13-18(2)27-25(14-17)36-31(42-27)35-24-8-3-19(15-23(24)32)22-16-40(29-26(22)28(33)37-30(34)38-29)21-6-4-20(5-7-21)39-9-11-41-12-10-39/h3,8,13-16,20-21H,4-7,9-12H2,1-2H3,(H,35,36)(H4,33,34,37,38). The lowest BCUT2D eigenvalue weighted by molar-refractivity contribution is 0.00558. The molecule has 1 saturated heterocycles. The van der Waals surface area contributed by atoms with Crippen molar-refractivity contribution in [2.75, 3.05) is 43.1 Å². The van der Waals surface area contributed by atoms with Crippen molar-refractivity contribution in [2.45, 2.75) is 51.6 Å². The summed E-state index contributed by atoms with van der Waals surface area (Å²) in [6.45, 7) is 7.57. The van der Waals surface area contributed by atoms with Crippen molar-refractivity contribution in [3.63, 3.8) is 0 Å². The molecule has 10 nitrogen and oxygen atoms in total. The van der Waals surface area contributed by atoms with E-state index in [1.54, 1.807) is 6.07 Å². The Morgan fingerprint density at radius 1 is 0.952 bits per heavy atom. The van der Waals surface area contributed by atoms with Crippen LogP contribution in [0.15, 0.2) is 40.9 Å². The number of nitrogen functional groups attached to an aromatic ring is 2. The summed E-state index contributed by atoms with van der Waals surface area (Å²) in [6.07, 6.45) is 6.24. The molecule has 2 aliphatic rings. The monoisotopic (exact) mass is 570 g/mol. The minimum atomic E-state index is -0.440. The van der Waals surface area contributed by atoms with E-state index in [4.69, 9.17) is 20.6 Å². The number of nitrogens with zero attached hydrogens (tertiary/aromatic N) is 5. The number of rotatable bonds is 5. The minimum absolute atomic E-state index is 0.127. The van der Waals surface area contributed by atoms with Gasteiger partial charge in [-0.15, -0.1) is 0 Å². The van der Waals surface area contributed by atoms with E-state index < -0.39 is 5.82 Å². The number of hydrogen-bond acceptors (Lipinski definition) is 9. The van der Waals surface area contributed by atoms with Crippen LogP contribution in [0.3, 0.4) is 0 Å². The summed E-state index contributed by atoms with van der Waals surface area (Å²) >= 11 is 0. The highest BCUT2D eigenvalue weighted by Crippen LogP contribution is 2.40. The largest absolute Gasteiger partial charge is 0.423 e. The van der Waals surface area contributed by atoms with Gasteiger partial charge in [0.25, 0.3) is 6.01 Å². The first-order chi connectivity index (χ1) is 20.3. The Balaban J connectivity index is 1.18. The van der Waals surface area contributed by atoms with Crippen LogP contribution in [0, 0.1) is 19.7 Å². The van der Waals surface area contributed by atoms with Crippen LogP contribution in [0.4, 0.5) is 27.9 Å². The topological polar surface area (TPSA) is 133 Å². The zero-order chi connectivity index (χ0) is 29.0. The first-order valence-corrected chi connectivity index (χ1v) is 14.5. The van der Waals surface area contributed by atoms with Crippen molar-refractivity contribution in [3.8, 4) is 11.1 Å². The number of morpholine rings is 1. The van der Waals surface area contributed by atoms with Crippen molar-refractivity contribution in [3.05, 3.63) is 53.5 Å². The molecule has 1 aliphatic heterocycles. The summed E-state index contributed by atoms with van der Waals surface area (Å²) in [4.78, 5) is 15.9. The molecule has 0 spiro atoms. The number of aromatic nitrogens is 4. The number of halogens is 1. The van der Waals surface area contributed by atoms with Crippen LogP contribution in [-0.4, -0.2) is 56.8 Å². The maximum Gasteiger partial charge on any atom is 0.300 e. The molecule has 0 amide bonds. The highest BCUT2D eigenvalue weighted by molar-refractivity contribution is 6.01. The SMILES string of the molecule is Cc1cc(C)c2oc(Nc3ccc(-c4cn(C5CCC(N6CCOCC6)CC5)c5nc(N)nc(N)c45)cc3F)nc2c1. The lowest BCUT2D eigenvalue weighted by Crippen LogP contribution is -2.45. The number of aryl methyl sites for hydroxylation is 2. The zero-order valence-corrected chi connectivity index (χ0v) is 23.9. The summed E-state index contributed by atoms with van der Waals surface area (Å²) in [5, 5.41) is 3.68. The van der Waals surface area contributed by atoms with Gasteiger partial charge in [0.1, 0.15) is 22.8 Å². The van der Waals surface area contributed by atoms with Gasteiger partial charge in [-0.05, 0) is 74.4 Å². The van der Waals surface area contributed by atoms with Gasteiger partial charge in [-0.1, -0.05) is 12.1 Å². The number of benzene rings is 2. The molecule has 4 heterocycles. The maximum absolute atomic E-state index is 15.5. The Morgan fingerprint density at radius 2 is 1.71 bits per heavy atom. The van der Waals surface area contributed by atoms with Gasteiger partial charge in [-0.25, -0.2) is 4.39 Å². The fraction of sp³-hybridized carbons (Fsp3) is 0.387. The Hall–Kier alpha value is -4.22. The van der Waals surface area contributed by atoms with Crippen molar-refractivity contribution in [2.24, 2.45) is 0 Å². The second kappa shape index (κ2) is 10.6. The van der Waals surface area contributed by atoms with Gasteiger partial charge < -0.3 is 30.5 Å². The van der Waals surface area contributed by atoms with Gasteiger partial charge in [0.15, 0.2) is 5.58 Å². The number of oxazole rings is 1. The molecule has 11 heteroatoms. The van der Waals surface area contributed by atoms with E-state index >= 15 is 4.39 Å². The molecule has 7 rings (SSSR count). The van der Waals surface area contributed by atoms with Crippen molar-refractivity contribution in [1.82, 2.24) is 24.4 Å². The van der Waals surface area contributed by atoms with Crippen LogP contribution in [0.5, 0.6) is 0 Å². The number of hydrogen-bond donors (Lipinski definition) is 3. The van der Waals surface area contributed by atoms with Crippen LogP contribution in [0.2, 0.25) is 0 Å². The zero-order valence-electron chi connectivity index (χ0n) is 23.9. The quantitative estimate of drug-likeness (QED) is 0.243. The van der Waals surface area contributed by atoms with Crippen LogP contribution in [-0.2, 0) is 4.74 Å². The molecule has 42 heavy (non-hydrogen) atoms. The third kappa shape index (κ3) is 4.82. The van der Waals surface area contributed by atoms with E-state index in [0.29, 0.717) is 28.2 Å². The number of fused-ring (bicyclic) bond motifs is 2. The van der Waals surface area contributed by atoms with Crippen LogP contribution in [0.1, 0.15) is 42.9 Å². The molecular formula is C31H35FN8O2. The van der Waals surface area contributed by atoms with Gasteiger partial charge in [0, 0.05) is 36.9 Å². The number of ether oxygens (including phenoxy) is 1. The molecular weight excluding hydrogens is 535 g/mol. The smallest absolute Gasteiger partial charge is 0.300 e. The number of nitrogens with two attached hydrogens (primary N) is 2. The van der Waals surface area contributed by atoms with E-state index in [2.05, 4.69) is 29.7 Å². The van der Waals surface area contributed by atoms with Gasteiger partial charge in [0.2, 0.25) is 5.95 Å². The molecule has 5 N–H and O–H groups in total. The summed E-state index contributed by atoms with van der Waals surface area (Å²) in [5.74, 6) is -0.0279. The molecule has 3 aromatic heterocycles. The second-order valence-electron chi connectivity index (χ2n) is 11.5. The molecule has 0 bridgehead atoms. The van der Waals surface area contributed by atoms with Crippen LogP contribution < -0.4 is 16.8 Å². The van der Waals surface area contributed by atoms with Crippen molar-refractivity contribution >= 4 is 45.6 Å². The molecule has 5 aromatic rings. The van der Waals surface area contributed by atoms with E-state index in [1.165, 1.54) is 6.07 Å². The fourth-order valence-electron chi connectivity index (χ4n) is 6.66. The third-order valence-electron chi connectivity index (χ3n) is 8.68. The average molecular weight is 571 g/mol. The molecule has 2 aromatic carbocycles. The molecule has 1 saturated carbocycles. The molecule has 1 aliphatic carbocycles. The molecule has 0 atom stereocenters. The van der Waals surface area contributed by atoms with Gasteiger partial charge >= 0.3 is 0 Å². The van der Waals surface area contributed by atoms with E-state index in [-0.39, 0.29) is 29.5 Å². The first kappa shape index (κ1) is 26.7. The van der Waals surface area contributed by atoms with Crippen LogP contribution in [0.25, 0.3) is 33.3 Å². The highest BCUT2D eigenvalue weighted by atomic mass is 19.1. The summed E-state index contributed by atoms with van der Waals surface area (Å²) in [7, 11) is 0. The number of anilines is 4. The minimum Gasteiger partial charge on any atom is -0.423 e. The normalized spacial score (nSPS) is 20.0. The van der Waals surface area contributed by atoms with Crippen LogP contribution >= 0.6 is 0 Å². The molecule has 0 radical (unpaired) electrons. The Kier molecular flexibility index (Phi) is 6.70. The van der Waals surface area contributed by atoms with Crippen molar-refractivity contribution in [1.29, 1.82) is 0 Å². The number of nitrogens with one attached hydrogen (secondary N) is 1. The third-order valence-corrected chi connectivity index (χ3v) is 8.68. The predicted molar refractivity (Wildman–Crippen MR) is 162 cm³/mol. The summed E-state index contributed by atoms with van der Waals surface area (Å²) in [6, 6.07) is 10.1. The lowest BCUT2D eigenvalue weighted by atomic mass is 9.90. The second-order valence-corrected chi connectivity index (χ2v) is 11.5. The van der Waals surface area contributed by atoms with E-state index in [1.807, 2.05) is 38.2 Å². The Bertz CT molecular complexity index is 1780. The van der Waals surface area contributed by atoms with Gasteiger partial charge in [0.05, 0.1) is 24.3 Å². The Morgan fingerprint density at radius 3 is 2.48 bits per heavy atom. The fourth-order valence-corrected chi connectivity index (χ4v) is 6.66. The van der Waals surface area contributed by atoms with Crippen molar-refractivity contribution < 1.29 is 13.5 Å². The lowest BCUT2D eigenvalue weighted by Gasteiger charge is -2.39. The summed E-state index contributed by atoms with van der Waals surface area (Å²) < 4.78 is 29.1. The predicted octanol–water partition coefficient (Wildman–Crippen LogP) is 5.72. The molecule has 218 valence electrons. The summed E-state index contributed by atoms with van der Waals surface area (Å²) in [5.41, 5.74) is 18.3. The van der Waals surface area contributed by atoms with Gasteiger partial charge in [-0.2, -0.15) is 15.0 Å². The van der Waals surface area contributed by atoms with Gasteiger partial charge in [-0.3, -0.25) is 4.90 Å². The maximum atomic E-state index is 15.5. The highest BCUT2D eigenvalue weighted by Gasteiger charge is 2.30. The first-order valence-electron chi connectivity index (χ1n) is 14.5. The average Bonchev–Trinajstić information content (AvgIpc) is 3.56. The molecule has 2 fully saturated rings. The Labute approximate surface area is 242 Å². The van der Waals surface area contributed by atoms with E-state index in [9.17, 15) is 0 Å².